The number of anilines is 1. The highest BCUT2D eigenvalue weighted by atomic mass is 35.5. The molecule has 4 N–H and O–H groups in total. The summed E-state index contributed by atoms with van der Waals surface area (Å²) in [6, 6.07) is 11.5. The largest absolute Gasteiger partial charge is 0.508 e. The van der Waals surface area contributed by atoms with Crippen LogP contribution in [0.5, 0.6) is 5.75 Å². The second kappa shape index (κ2) is 6.56. The van der Waals surface area contributed by atoms with Crippen LogP contribution in [-0.4, -0.2) is 16.0 Å². The van der Waals surface area contributed by atoms with E-state index in [9.17, 15) is 9.90 Å². The normalized spacial score (nSPS) is 10.1. The van der Waals surface area contributed by atoms with Gasteiger partial charge >= 0.3 is 0 Å². The molecule has 4 nitrogen and oxygen atoms in total. The molecule has 0 spiro atoms. The molecule has 0 saturated carbocycles. The van der Waals surface area contributed by atoms with Crippen LogP contribution in [-0.2, 0) is 11.2 Å². The maximum Gasteiger partial charge on any atom is 0.228 e. The molecule has 1 amide bonds. The van der Waals surface area contributed by atoms with Crippen LogP contribution < -0.4 is 11.1 Å². The summed E-state index contributed by atoms with van der Waals surface area (Å²) in [4.78, 5) is 12.2. The lowest BCUT2D eigenvalue weighted by Crippen LogP contribution is -2.15. The van der Waals surface area contributed by atoms with Crippen LogP contribution in [0.2, 0.25) is 5.02 Å². The van der Waals surface area contributed by atoms with Crippen LogP contribution in [0.25, 0.3) is 0 Å². The number of benzene rings is 2. The summed E-state index contributed by atoms with van der Waals surface area (Å²) in [5, 5.41) is 12.4. The topological polar surface area (TPSA) is 75.3 Å². The molecule has 0 fully saturated rings. The lowest BCUT2D eigenvalue weighted by Gasteiger charge is -2.09. The third-order valence-corrected chi connectivity index (χ3v) is 3.35. The van der Waals surface area contributed by atoms with Crippen molar-refractivity contribution in [2.75, 3.05) is 5.32 Å². The van der Waals surface area contributed by atoms with Gasteiger partial charge in [0.25, 0.3) is 0 Å². The zero-order valence-corrected chi connectivity index (χ0v) is 12.5. The number of hydrogen-bond donors (Lipinski definition) is 3. The number of hydrogen-bond acceptors (Lipinski definition) is 3. The maximum atomic E-state index is 12.0. The fraction of sp³-hybridized carbons (Fsp3) is 0.0667. The first kappa shape index (κ1) is 15.3. The van der Waals surface area contributed by atoms with E-state index < -0.39 is 0 Å². The Labute approximate surface area is 132 Å². The smallest absolute Gasteiger partial charge is 0.228 e. The molecular weight excluding hydrogens is 308 g/mol. The van der Waals surface area contributed by atoms with Crippen LogP contribution in [0.15, 0.2) is 42.5 Å². The van der Waals surface area contributed by atoms with Gasteiger partial charge in [-0.25, -0.2) is 0 Å². The molecule has 0 aliphatic rings. The molecule has 6 heteroatoms. The minimum atomic E-state index is -0.231. The third-order valence-electron chi connectivity index (χ3n) is 2.80. The average Bonchev–Trinajstić information content (AvgIpc) is 2.40. The predicted octanol–water partition coefficient (Wildman–Crippen LogP) is 2.86. The average molecular weight is 321 g/mol. The van der Waals surface area contributed by atoms with E-state index >= 15 is 0 Å². The molecule has 0 saturated heterocycles. The van der Waals surface area contributed by atoms with E-state index in [0.717, 1.165) is 0 Å². The summed E-state index contributed by atoms with van der Waals surface area (Å²) in [5.74, 6) is -0.107. The van der Waals surface area contributed by atoms with Crippen molar-refractivity contribution in [3.8, 4) is 5.75 Å². The van der Waals surface area contributed by atoms with Gasteiger partial charge in [-0.15, -0.1) is 0 Å². The number of phenols is 1. The highest BCUT2D eigenvalue weighted by molar-refractivity contribution is 7.80. The van der Waals surface area contributed by atoms with Crippen LogP contribution in [0.4, 0.5) is 5.69 Å². The highest BCUT2D eigenvalue weighted by Crippen LogP contribution is 2.23. The van der Waals surface area contributed by atoms with Gasteiger partial charge in [-0.1, -0.05) is 36.0 Å². The van der Waals surface area contributed by atoms with Crippen molar-refractivity contribution in [2.45, 2.75) is 6.42 Å². The van der Waals surface area contributed by atoms with Crippen LogP contribution in [0.3, 0.4) is 0 Å². The Morgan fingerprint density at radius 2 is 2.05 bits per heavy atom. The highest BCUT2D eigenvalue weighted by Gasteiger charge is 2.09. The fourth-order valence-electron chi connectivity index (χ4n) is 1.82. The third kappa shape index (κ3) is 4.18. The molecule has 0 aromatic heterocycles. The minimum Gasteiger partial charge on any atom is -0.508 e. The molecule has 0 aliphatic heterocycles. The Kier molecular flexibility index (Phi) is 4.77. The molecule has 2 aromatic carbocycles. The van der Waals surface area contributed by atoms with E-state index in [4.69, 9.17) is 29.6 Å². The van der Waals surface area contributed by atoms with E-state index in [0.29, 0.717) is 21.8 Å². The maximum absolute atomic E-state index is 12.0. The van der Waals surface area contributed by atoms with Crippen molar-refractivity contribution in [1.29, 1.82) is 0 Å². The van der Waals surface area contributed by atoms with Crippen LogP contribution in [0.1, 0.15) is 11.1 Å². The molecule has 0 bridgehead atoms. The van der Waals surface area contributed by atoms with Gasteiger partial charge in [-0.05, 0) is 35.9 Å². The molecule has 2 rings (SSSR count). The number of thiocarbonyl (C=S) groups is 1. The summed E-state index contributed by atoms with van der Waals surface area (Å²) >= 11 is 10.9. The standard InChI is InChI=1S/C15H13ClN2O2S/c16-12-8-10(15(17)21)4-5-13(12)18-14(20)7-9-2-1-3-11(19)6-9/h1-6,8,19H,7H2,(H2,17,21)(H,18,20). The number of aromatic hydroxyl groups is 1. The first-order valence-electron chi connectivity index (χ1n) is 6.13. The predicted molar refractivity (Wildman–Crippen MR) is 87.8 cm³/mol. The number of carbonyl (C=O) groups is 1. The Balaban J connectivity index is 2.08. The lowest BCUT2D eigenvalue weighted by atomic mass is 10.1. The van der Waals surface area contributed by atoms with Crippen molar-refractivity contribution < 1.29 is 9.90 Å². The zero-order valence-electron chi connectivity index (χ0n) is 11.0. The number of nitrogens with two attached hydrogens (primary N) is 1. The number of phenolic OH excluding ortho intramolecular Hbond substituents is 1. The van der Waals surface area contributed by atoms with Gasteiger partial charge in [0.1, 0.15) is 10.7 Å². The van der Waals surface area contributed by atoms with Crippen molar-refractivity contribution in [2.24, 2.45) is 5.73 Å². The summed E-state index contributed by atoms with van der Waals surface area (Å²) < 4.78 is 0. The number of amides is 1. The molecule has 0 aliphatic carbocycles. The Hall–Kier alpha value is -2.11. The summed E-state index contributed by atoms with van der Waals surface area (Å²) in [5.41, 5.74) is 7.35. The summed E-state index contributed by atoms with van der Waals surface area (Å²) in [7, 11) is 0. The number of rotatable bonds is 4. The van der Waals surface area contributed by atoms with Gasteiger partial charge in [-0.2, -0.15) is 0 Å². The van der Waals surface area contributed by atoms with Gasteiger partial charge in [0.2, 0.25) is 5.91 Å². The molecule has 2 aromatic rings. The second-order valence-electron chi connectivity index (χ2n) is 4.45. The number of nitrogens with one attached hydrogen (secondary N) is 1. The Bertz CT molecular complexity index is 704. The number of halogens is 1. The fourth-order valence-corrected chi connectivity index (χ4v) is 2.17. The van der Waals surface area contributed by atoms with Crippen LogP contribution >= 0.6 is 23.8 Å². The van der Waals surface area contributed by atoms with Gasteiger partial charge in [0, 0.05) is 5.56 Å². The molecule has 0 heterocycles. The molecule has 108 valence electrons. The second-order valence-corrected chi connectivity index (χ2v) is 5.30. The van der Waals surface area contributed by atoms with Crippen molar-refractivity contribution in [1.82, 2.24) is 0 Å². The van der Waals surface area contributed by atoms with Crippen molar-refractivity contribution in [3.63, 3.8) is 0 Å². The quantitative estimate of drug-likeness (QED) is 0.757. The van der Waals surface area contributed by atoms with E-state index in [1.165, 1.54) is 6.07 Å². The first-order chi connectivity index (χ1) is 9.95. The zero-order chi connectivity index (χ0) is 15.4. The summed E-state index contributed by atoms with van der Waals surface area (Å²) in [6.07, 6.45) is 0.141. The SMILES string of the molecule is NC(=S)c1ccc(NC(=O)Cc2cccc(O)c2)c(Cl)c1. The Morgan fingerprint density at radius 3 is 2.67 bits per heavy atom. The van der Waals surface area contributed by atoms with E-state index in [-0.39, 0.29) is 23.1 Å². The van der Waals surface area contributed by atoms with Gasteiger partial charge in [0.15, 0.2) is 0 Å². The van der Waals surface area contributed by atoms with Gasteiger partial charge < -0.3 is 16.2 Å². The van der Waals surface area contributed by atoms with Crippen LogP contribution in [0, 0.1) is 0 Å². The van der Waals surface area contributed by atoms with E-state index in [1.54, 1.807) is 36.4 Å². The molecular formula is C15H13ClN2O2S. The van der Waals surface area contributed by atoms with E-state index in [1.807, 2.05) is 0 Å². The molecule has 21 heavy (non-hydrogen) atoms. The molecule has 0 radical (unpaired) electrons. The summed E-state index contributed by atoms with van der Waals surface area (Å²) in [6.45, 7) is 0. The number of carbonyl (C=O) groups excluding carboxylic acids is 1. The van der Waals surface area contributed by atoms with Gasteiger partial charge in [0.05, 0.1) is 17.1 Å². The van der Waals surface area contributed by atoms with E-state index in [2.05, 4.69) is 5.32 Å². The monoisotopic (exact) mass is 320 g/mol. The molecule has 0 atom stereocenters. The van der Waals surface area contributed by atoms with Crippen molar-refractivity contribution >= 4 is 40.4 Å². The minimum absolute atomic E-state index is 0.124. The van der Waals surface area contributed by atoms with Gasteiger partial charge in [-0.3, -0.25) is 4.79 Å². The molecule has 0 unspecified atom stereocenters. The first-order valence-corrected chi connectivity index (χ1v) is 6.91. The Morgan fingerprint density at radius 1 is 1.29 bits per heavy atom. The van der Waals surface area contributed by atoms with Crippen molar-refractivity contribution in [3.05, 3.63) is 58.6 Å². The lowest BCUT2D eigenvalue weighted by molar-refractivity contribution is -0.115.